The number of rotatable bonds is 3. The molecule has 138 valence electrons. The van der Waals surface area contributed by atoms with Crippen LogP contribution in [0.25, 0.3) is 10.9 Å². The van der Waals surface area contributed by atoms with Gasteiger partial charge in [0.1, 0.15) is 0 Å². The van der Waals surface area contributed by atoms with Gasteiger partial charge in [-0.3, -0.25) is 14.8 Å². The summed E-state index contributed by atoms with van der Waals surface area (Å²) in [4.78, 5) is 21.9. The molecule has 0 fully saturated rings. The van der Waals surface area contributed by atoms with Gasteiger partial charge in [0.2, 0.25) is 0 Å². The third-order valence-corrected chi connectivity index (χ3v) is 4.96. The number of carbonyl (C=O) groups excluding carboxylic acids is 1. The summed E-state index contributed by atoms with van der Waals surface area (Å²) >= 11 is 0. The Morgan fingerprint density at radius 2 is 2.10 bits per heavy atom. The molecule has 1 aliphatic heterocycles. The standard InChI is InChI=1S/C23H14N4O2/c24-11-14-4-6-19(22-18(14)2-1-8-25-22)23(28)27-17-5-3-15-12-26-21(20(15)10-17)16-7-9-29-13-16/h1-10,13H,12H2,(H,27,28). The van der Waals surface area contributed by atoms with Crippen molar-refractivity contribution in [2.45, 2.75) is 6.54 Å². The van der Waals surface area contributed by atoms with E-state index in [0.29, 0.717) is 34.3 Å². The minimum absolute atomic E-state index is 0.280. The van der Waals surface area contributed by atoms with E-state index in [4.69, 9.17) is 4.42 Å². The fourth-order valence-corrected chi connectivity index (χ4v) is 3.56. The molecule has 0 radical (unpaired) electrons. The van der Waals surface area contributed by atoms with E-state index >= 15 is 0 Å². The third-order valence-electron chi connectivity index (χ3n) is 4.96. The molecule has 0 saturated carbocycles. The fraction of sp³-hybridized carbons (Fsp3) is 0.0435. The number of anilines is 1. The molecule has 2 aromatic heterocycles. The average molecular weight is 378 g/mol. The number of nitriles is 1. The summed E-state index contributed by atoms with van der Waals surface area (Å²) < 4.78 is 5.17. The molecule has 6 heteroatoms. The van der Waals surface area contributed by atoms with Crippen molar-refractivity contribution < 1.29 is 9.21 Å². The first kappa shape index (κ1) is 16.9. The van der Waals surface area contributed by atoms with Crippen LogP contribution in [0.4, 0.5) is 5.69 Å². The Morgan fingerprint density at radius 1 is 1.17 bits per heavy atom. The van der Waals surface area contributed by atoms with Crippen molar-refractivity contribution in [3.05, 3.63) is 95.1 Å². The molecule has 3 heterocycles. The predicted molar refractivity (Wildman–Crippen MR) is 109 cm³/mol. The second-order valence-corrected chi connectivity index (χ2v) is 6.67. The highest BCUT2D eigenvalue weighted by atomic mass is 16.3. The zero-order valence-electron chi connectivity index (χ0n) is 15.2. The Balaban J connectivity index is 1.49. The van der Waals surface area contributed by atoms with Crippen LogP contribution in [0, 0.1) is 11.3 Å². The number of aromatic nitrogens is 1. The fourth-order valence-electron chi connectivity index (χ4n) is 3.56. The van der Waals surface area contributed by atoms with Gasteiger partial charge in [0, 0.05) is 28.4 Å². The lowest BCUT2D eigenvalue weighted by Crippen LogP contribution is -2.13. The summed E-state index contributed by atoms with van der Waals surface area (Å²) in [6, 6.07) is 16.6. The molecule has 0 unspecified atom stereocenters. The lowest BCUT2D eigenvalue weighted by molar-refractivity contribution is 0.102. The van der Waals surface area contributed by atoms with Gasteiger partial charge in [-0.05, 0) is 48.0 Å². The summed E-state index contributed by atoms with van der Waals surface area (Å²) in [6.07, 6.45) is 4.89. The van der Waals surface area contributed by atoms with Crippen molar-refractivity contribution in [1.82, 2.24) is 4.98 Å². The summed E-state index contributed by atoms with van der Waals surface area (Å²) in [5.41, 5.74) is 5.93. The summed E-state index contributed by atoms with van der Waals surface area (Å²) in [6.45, 7) is 0.605. The molecular weight excluding hydrogens is 364 g/mol. The summed E-state index contributed by atoms with van der Waals surface area (Å²) in [5, 5.41) is 12.9. The van der Waals surface area contributed by atoms with Crippen LogP contribution in [-0.4, -0.2) is 16.6 Å². The second-order valence-electron chi connectivity index (χ2n) is 6.67. The quantitative estimate of drug-likeness (QED) is 0.575. The van der Waals surface area contributed by atoms with E-state index in [1.807, 2.05) is 24.3 Å². The SMILES string of the molecule is N#Cc1ccc(C(=O)Nc2ccc3c(c2)C(c2ccoc2)=NC3)c2ncccc12. The molecule has 1 N–H and O–H groups in total. The van der Waals surface area contributed by atoms with Crippen LogP contribution in [0.15, 0.2) is 76.7 Å². The largest absolute Gasteiger partial charge is 0.472 e. The molecule has 6 nitrogen and oxygen atoms in total. The van der Waals surface area contributed by atoms with Crippen LogP contribution in [0.5, 0.6) is 0 Å². The van der Waals surface area contributed by atoms with Crippen LogP contribution in [0.3, 0.4) is 0 Å². The molecule has 2 aromatic carbocycles. The van der Waals surface area contributed by atoms with Crippen LogP contribution in [-0.2, 0) is 6.54 Å². The Labute approximate surface area is 166 Å². The van der Waals surface area contributed by atoms with E-state index in [2.05, 4.69) is 21.4 Å². The highest BCUT2D eigenvalue weighted by Crippen LogP contribution is 2.27. The molecular formula is C23H14N4O2. The number of carbonyl (C=O) groups is 1. The van der Waals surface area contributed by atoms with Gasteiger partial charge in [0.25, 0.3) is 5.91 Å². The molecule has 4 aromatic rings. The summed E-state index contributed by atoms with van der Waals surface area (Å²) in [7, 11) is 0. The molecule has 1 amide bonds. The first-order valence-electron chi connectivity index (χ1n) is 9.04. The normalized spacial score (nSPS) is 12.3. The van der Waals surface area contributed by atoms with Gasteiger partial charge in [0.15, 0.2) is 0 Å². The van der Waals surface area contributed by atoms with E-state index in [0.717, 1.165) is 22.4 Å². The van der Waals surface area contributed by atoms with E-state index in [1.54, 1.807) is 43.0 Å². The lowest BCUT2D eigenvalue weighted by Gasteiger charge is -2.10. The number of nitrogens with zero attached hydrogens (tertiary/aromatic N) is 3. The van der Waals surface area contributed by atoms with Crippen molar-refractivity contribution >= 4 is 28.2 Å². The van der Waals surface area contributed by atoms with Gasteiger partial charge in [-0.25, -0.2) is 0 Å². The Hall–Kier alpha value is -4.24. The zero-order chi connectivity index (χ0) is 19.8. The maximum atomic E-state index is 13.0. The first-order chi connectivity index (χ1) is 14.2. The molecule has 5 rings (SSSR count). The molecule has 0 bridgehead atoms. The highest BCUT2D eigenvalue weighted by Gasteiger charge is 2.20. The van der Waals surface area contributed by atoms with Crippen molar-refractivity contribution in [2.24, 2.45) is 4.99 Å². The van der Waals surface area contributed by atoms with E-state index in [-0.39, 0.29) is 5.91 Å². The van der Waals surface area contributed by atoms with Crippen molar-refractivity contribution in [2.75, 3.05) is 5.32 Å². The number of pyridine rings is 1. The minimum Gasteiger partial charge on any atom is -0.472 e. The Kier molecular flexibility index (Phi) is 3.92. The smallest absolute Gasteiger partial charge is 0.257 e. The van der Waals surface area contributed by atoms with Crippen molar-refractivity contribution in [1.29, 1.82) is 5.26 Å². The molecule has 29 heavy (non-hydrogen) atoms. The van der Waals surface area contributed by atoms with Crippen LogP contribution in [0.1, 0.15) is 32.6 Å². The van der Waals surface area contributed by atoms with Gasteiger partial charge >= 0.3 is 0 Å². The minimum atomic E-state index is -0.280. The van der Waals surface area contributed by atoms with Gasteiger partial charge in [-0.15, -0.1) is 0 Å². The molecule has 0 aliphatic carbocycles. The maximum absolute atomic E-state index is 13.0. The van der Waals surface area contributed by atoms with Crippen LogP contribution in [0.2, 0.25) is 0 Å². The number of aliphatic imine (C=N–C) groups is 1. The van der Waals surface area contributed by atoms with Gasteiger partial charge in [-0.1, -0.05) is 6.07 Å². The van der Waals surface area contributed by atoms with Crippen molar-refractivity contribution in [3.63, 3.8) is 0 Å². The van der Waals surface area contributed by atoms with Gasteiger partial charge in [0.05, 0.1) is 47.5 Å². The third kappa shape index (κ3) is 2.86. The van der Waals surface area contributed by atoms with Gasteiger partial charge < -0.3 is 9.73 Å². The van der Waals surface area contributed by atoms with Crippen LogP contribution < -0.4 is 5.32 Å². The second kappa shape index (κ2) is 6.73. The number of benzene rings is 2. The Bertz CT molecular complexity index is 1330. The van der Waals surface area contributed by atoms with E-state index < -0.39 is 0 Å². The zero-order valence-corrected chi connectivity index (χ0v) is 15.2. The van der Waals surface area contributed by atoms with E-state index in [9.17, 15) is 10.1 Å². The monoisotopic (exact) mass is 378 g/mol. The van der Waals surface area contributed by atoms with E-state index in [1.165, 1.54) is 0 Å². The lowest BCUT2D eigenvalue weighted by atomic mass is 10.0. The van der Waals surface area contributed by atoms with Crippen LogP contribution >= 0.6 is 0 Å². The number of nitrogens with one attached hydrogen (secondary N) is 1. The highest BCUT2D eigenvalue weighted by molar-refractivity contribution is 6.16. The van der Waals surface area contributed by atoms with Gasteiger partial charge in [-0.2, -0.15) is 5.26 Å². The van der Waals surface area contributed by atoms with Crippen molar-refractivity contribution in [3.8, 4) is 6.07 Å². The number of fused-ring (bicyclic) bond motifs is 2. The molecule has 0 saturated heterocycles. The predicted octanol–water partition coefficient (Wildman–Crippen LogP) is 4.30. The average Bonchev–Trinajstić information content (AvgIpc) is 3.42. The summed E-state index contributed by atoms with van der Waals surface area (Å²) in [5.74, 6) is -0.280. The molecule has 0 spiro atoms. The Morgan fingerprint density at radius 3 is 2.93 bits per heavy atom. The number of amides is 1. The number of furan rings is 1. The molecule has 0 atom stereocenters. The topological polar surface area (TPSA) is 91.3 Å². The number of hydrogen-bond acceptors (Lipinski definition) is 5. The first-order valence-corrected chi connectivity index (χ1v) is 9.04. The maximum Gasteiger partial charge on any atom is 0.257 e. The molecule has 1 aliphatic rings. The number of hydrogen-bond donors (Lipinski definition) is 1.